The van der Waals surface area contributed by atoms with Gasteiger partial charge in [0.2, 0.25) is 70.9 Å². The smallest absolute Gasteiger partial charge is 0.326 e. The van der Waals surface area contributed by atoms with Gasteiger partial charge in [0, 0.05) is 38.9 Å². The Bertz CT molecular complexity index is 3320. The number of aliphatic carboxylic acids is 3. The molecule has 1 heterocycles. The molecular formula is C69H117N21O20. The second kappa shape index (κ2) is 49.5. The number of hydrogen-bond donors (Lipinski definition) is 23. The molecule has 1 aromatic rings. The van der Waals surface area contributed by atoms with Crippen LogP contribution in [0.2, 0.25) is 0 Å². The molecule has 0 saturated carbocycles. The number of aromatic hydroxyl groups is 1. The van der Waals surface area contributed by atoms with Crippen molar-refractivity contribution in [3.8, 4) is 5.75 Å². The number of unbranched alkanes of at least 4 members (excludes halogenated alkanes) is 2. The first-order valence-electron chi connectivity index (χ1n) is 36.7. The minimum Gasteiger partial charge on any atom is -0.508 e. The van der Waals surface area contributed by atoms with Gasteiger partial charge in [-0.15, -0.1) is 0 Å². The van der Waals surface area contributed by atoms with Crippen LogP contribution in [0.15, 0.2) is 34.3 Å². The molecule has 41 nitrogen and oxygen atoms in total. The number of carbonyl (C=O) groups excluding carboxylic acids is 12. The molecule has 2 rings (SSSR count). The van der Waals surface area contributed by atoms with Gasteiger partial charge >= 0.3 is 17.9 Å². The van der Waals surface area contributed by atoms with Crippen LogP contribution in [-0.4, -0.2) is 249 Å². The molecule has 1 fully saturated rings. The number of aliphatic imine (C=N–C) groups is 2. The van der Waals surface area contributed by atoms with Gasteiger partial charge in [0.15, 0.2) is 11.9 Å². The van der Waals surface area contributed by atoms with E-state index in [0.29, 0.717) is 31.2 Å². The number of carboxylic acid groups (broad SMARTS) is 3. The van der Waals surface area contributed by atoms with Crippen molar-refractivity contribution in [1.82, 2.24) is 63.4 Å². The van der Waals surface area contributed by atoms with E-state index >= 15 is 0 Å². The lowest BCUT2D eigenvalue weighted by molar-refractivity contribution is -0.144. The molecule has 0 radical (unpaired) electrons. The Balaban J connectivity index is 2.50. The summed E-state index contributed by atoms with van der Waals surface area (Å²) in [5, 5.41) is 76.9. The highest BCUT2D eigenvalue weighted by molar-refractivity contribution is 6.00. The van der Waals surface area contributed by atoms with E-state index in [0.717, 1.165) is 11.8 Å². The molecule has 0 aliphatic carbocycles. The second-order valence-corrected chi connectivity index (χ2v) is 27.8. The third kappa shape index (κ3) is 35.7. The van der Waals surface area contributed by atoms with Crippen LogP contribution in [0.1, 0.15) is 163 Å². The standard InChI is InChI=1S/C69H117N21O20/c1-35(2)33-42(72)57(99)82-44(16-9-11-29-71)61(103)87-49(34-40-20-22-41(92)23-21-40)62(104)83-45(17-12-30-77-68(73)74)59(101)79-37(5)55(97)81-46(18-13-31-78-69(75)76)60(102)85-47(24-26-51(93)94)66(108)90-32-14-19-50(90)63(105)88-53(36(3)4)64(106)89-54(39(7)91)65(107)84-43(15-8-10-28-70)58(100)80-38(6)56(98)86-48(67(109)110)25-27-52(95)96/h20-23,35-39,42-50,53-54,91-92H,8-19,24-34,70-72H2,1-7H3,(H,79,101)(H,80,100)(H,81,97)(H,82,99)(H,83,104)(H,84,107)(H,85,102)(H,86,98)(H,87,103)(H,88,105)(H,89,106)(H,93,94)(H,95,96)(H,109,110)(H4,73,74,77)(H4,75,76,78)/t37-,38-,39+,42-,43-,44-,45-,46-,47-,48-,49-,50-,53-,54-/m0/s1. The largest absolute Gasteiger partial charge is 0.508 e. The monoisotopic (exact) mass is 1560 g/mol. The number of benzene rings is 1. The number of phenolic OH excluding ortho intramolecular Hbond substituents is 1. The first-order chi connectivity index (χ1) is 51.7. The van der Waals surface area contributed by atoms with Gasteiger partial charge in [-0.2, -0.15) is 0 Å². The van der Waals surface area contributed by atoms with Crippen LogP contribution in [0.25, 0.3) is 0 Å². The number of nitrogens with two attached hydrogens (primary N) is 7. The Morgan fingerprint density at radius 2 is 0.873 bits per heavy atom. The highest BCUT2D eigenvalue weighted by Gasteiger charge is 2.42. The summed E-state index contributed by atoms with van der Waals surface area (Å²) in [6, 6.07) is -13.4. The van der Waals surface area contributed by atoms with E-state index in [2.05, 4.69) is 68.5 Å². The maximum absolute atomic E-state index is 14.7. The van der Waals surface area contributed by atoms with Crippen LogP contribution in [0, 0.1) is 11.8 Å². The summed E-state index contributed by atoms with van der Waals surface area (Å²) in [5.41, 5.74) is 40.3. The maximum atomic E-state index is 14.7. The number of hydrogen-bond acceptors (Lipinski definition) is 22. The molecule has 1 aliphatic rings. The highest BCUT2D eigenvalue weighted by atomic mass is 16.4. The number of likely N-dealkylation sites (tertiary alicyclic amines) is 1. The van der Waals surface area contributed by atoms with E-state index in [4.69, 9.17) is 45.2 Å². The SMILES string of the molecule is CC(C)C[C@H](N)C(=O)N[C@@H](CCCCN)C(=O)N[C@@H](Cc1ccc(O)cc1)C(=O)N[C@@H](CCCN=C(N)N)C(=O)N[C@@H](C)C(=O)N[C@@H](CCCN=C(N)N)C(=O)N[C@@H](CCC(=O)O)C(=O)N1CCC[C@H]1C(=O)N[C@H](C(=O)N[C@H](C(=O)N[C@@H](CCCCN)C(=O)N[C@@H](C)C(=O)N[C@@H](CCC(=O)O)C(=O)O)[C@@H](C)O)C(C)C. The molecule has 0 bridgehead atoms. The van der Waals surface area contributed by atoms with Crippen molar-refractivity contribution >= 4 is 101 Å². The zero-order valence-electron chi connectivity index (χ0n) is 63.6. The van der Waals surface area contributed by atoms with Crippen LogP contribution in [0.4, 0.5) is 0 Å². The minimum atomic E-state index is -1.81. The Labute approximate surface area is 638 Å². The summed E-state index contributed by atoms with van der Waals surface area (Å²) in [7, 11) is 0. The first-order valence-corrected chi connectivity index (χ1v) is 36.7. The number of aliphatic hydroxyl groups is 1. The van der Waals surface area contributed by atoms with Gasteiger partial charge in [-0.25, -0.2) is 4.79 Å². The summed E-state index contributed by atoms with van der Waals surface area (Å²) >= 11 is 0. The molecule has 12 amide bonds. The fourth-order valence-electron chi connectivity index (χ4n) is 11.5. The van der Waals surface area contributed by atoms with Crippen molar-refractivity contribution in [2.75, 3.05) is 32.7 Å². The minimum absolute atomic E-state index is 0.00186. The number of rotatable bonds is 52. The molecule has 1 saturated heterocycles. The van der Waals surface area contributed by atoms with Gasteiger partial charge in [0.1, 0.15) is 78.3 Å². The quantitative estimate of drug-likeness (QED) is 0.0164. The van der Waals surface area contributed by atoms with Gasteiger partial charge in [0.05, 0.1) is 12.1 Å². The molecule has 618 valence electrons. The Morgan fingerprint density at radius 3 is 1.31 bits per heavy atom. The van der Waals surface area contributed by atoms with Gasteiger partial charge in [-0.3, -0.25) is 77.1 Å². The second-order valence-electron chi connectivity index (χ2n) is 27.8. The lowest BCUT2D eigenvalue weighted by Gasteiger charge is -2.32. The average Bonchev–Trinajstić information content (AvgIpc) is 1.61. The predicted octanol–water partition coefficient (Wildman–Crippen LogP) is -6.11. The van der Waals surface area contributed by atoms with Crippen LogP contribution in [0.5, 0.6) is 5.75 Å². The lowest BCUT2D eigenvalue weighted by Crippen LogP contribution is -2.62. The third-order valence-corrected chi connectivity index (χ3v) is 17.6. The van der Waals surface area contributed by atoms with Crippen LogP contribution >= 0.6 is 0 Å². The molecular weight excluding hydrogens is 1440 g/mol. The van der Waals surface area contributed by atoms with E-state index in [1.807, 2.05) is 13.8 Å². The van der Waals surface area contributed by atoms with E-state index < -0.39 is 205 Å². The number of amides is 12. The normalized spacial score (nSPS) is 16.1. The molecule has 30 N–H and O–H groups in total. The molecule has 14 atom stereocenters. The molecule has 110 heavy (non-hydrogen) atoms. The van der Waals surface area contributed by atoms with E-state index in [-0.39, 0.29) is 121 Å². The number of carbonyl (C=O) groups is 15. The van der Waals surface area contributed by atoms with Gasteiger partial charge in [-0.1, -0.05) is 39.8 Å². The molecule has 41 heteroatoms. The highest BCUT2D eigenvalue weighted by Crippen LogP contribution is 2.22. The van der Waals surface area contributed by atoms with Crippen LogP contribution in [-0.2, 0) is 78.3 Å². The van der Waals surface area contributed by atoms with Crippen LogP contribution in [0.3, 0.4) is 0 Å². The Morgan fingerprint density at radius 1 is 0.473 bits per heavy atom. The van der Waals surface area contributed by atoms with Crippen molar-refractivity contribution in [3.05, 3.63) is 29.8 Å². The fourth-order valence-corrected chi connectivity index (χ4v) is 11.5. The summed E-state index contributed by atoms with van der Waals surface area (Å²) in [4.78, 5) is 213. The van der Waals surface area contributed by atoms with Gasteiger partial charge in [-0.05, 0) is 160 Å². The first kappa shape index (κ1) is 95.5. The van der Waals surface area contributed by atoms with Crippen molar-refractivity contribution < 1.29 is 97.5 Å². The number of nitrogens with zero attached hydrogens (tertiary/aromatic N) is 3. The summed E-state index contributed by atoms with van der Waals surface area (Å²) < 4.78 is 0. The number of guanidine groups is 2. The van der Waals surface area contributed by atoms with Crippen molar-refractivity contribution in [2.24, 2.45) is 62.0 Å². The Kier molecular flexibility index (Phi) is 43.0. The lowest BCUT2D eigenvalue weighted by atomic mass is 10.0. The fraction of sp³-hybridized carbons (Fsp3) is 0.667. The Hall–Kier alpha value is -10.5. The van der Waals surface area contributed by atoms with Crippen molar-refractivity contribution in [2.45, 2.75) is 249 Å². The van der Waals surface area contributed by atoms with E-state index in [1.165, 1.54) is 52.0 Å². The number of phenols is 1. The molecule has 0 unspecified atom stereocenters. The maximum Gasteiger partial charge on any atom is 0.326 e. The zero-order chi connectivity index (χ0) is 83.1. The number of nitrogens with one attached hydrogen (secondary N) is 11. The topological polar surface area (TPSA) is 700 Å². The van der Waals surface area contributed by atoms with Crippen LogP contribution < -0.4 is 98.6 Å². The van der Waals surface area contributed by atoms with Gasteiger partial charge < -0.3 is 129 Å². The average molecular weight is 1560 g/mol. The summed E-state index contributed by atoms with van der Waals surface area (Å²) in [6.45, 7) is 10.6. The third-order valence-electron chi connectivity index (χ3n) is 17.6. The molecule has 1 aromatic carbocycles. The summed E-state index contributed by atoms with van der Waals surface area (Å²) in [6.07, 6.45) is -2.60. The van der Waals surface area contributed by atoms with Gasteiger partial charge in [0.25, 0.3) is 0 Å². The molecule has 0 spiro atoms. The van der Waals surface area contributed by atoms with Crippen molar-refractivity contribution in [1.29, 1.82) is 0 Å². The number of carboxylic acids is 3. The zero-order valence-corrected chi connectivity index (χ0v) is 63.6. The van der Waals surface area contributed by atoms with E-state index in [9.17, 15) is 92.3 Å². The van der Waals surface area contributed by atoms with Crippen molar-refractivity contribution in [3.63, 3.8) is 0 Å². The predicted molar refractivity (Wildman–Crippen MR) is 400 cm³/mol. The number of aliphatic hydroxyl groups excluding tert-OH is 1. The molecule has 0 aromatic heterocycles. The summed E-state index contributed by atoms with van der Waals surface area (Å²) in [5.74, 6) is -16.9. The molecule has 1 aliphatic heterocycles. The van der Waals surface area contributed by atoms with E-state index in [1.54, 1.807) is 0 Å².